The number of ketones is 1. The summed E-state index contributed by atoms with van der Waals surface area (Å²) in [6.45, 7) is 10.9. The van der Waals surface area contributed by atoms with Crippen molar-refractivity contribution in [2.24, 2.45) is 11.8 Å². The van der Waals surface area contributed by atoms with E-state index in [9.17, 15) is 4.79 Å². The molecule has 0 aromatic carbocycles. The zero-order chi connectivity index (χ0) is 14.4. The third-order valence-electron chi connectivity index (χ3n) is 4.44. The first kappa shape index (κ1) is 16.6. The molecule has 0 bridgehead atoms. The molecule has 0 spiro atoms. The lowest BCUT2D eigenvalue weighted by Crippen LogP contribution is -2.40. The number of hydrogen-bond donors (Lipinski definition) is 0. The quantitative estimate of drug-likeness (QED) is 0.711. The van der Waals surface area contributed by atoms with E-state index in [2.05, 4.69) is 32.6 Å². The number of ether oxygens (including phenoxy) is 1. The van der Waals surface area contributed by atoms with Crippen LogP contribution in [-0.4, -0.2) is 43.0 Å². The van der Waals surface area contributed by atoms with Gasteiger partial charge in [0.05, 0.1) is 6.10 Å². The van der Waals surface area contributed by atoms with E-state index in [0.29, 0.717) is 30.1 Å². The summed E-state index contributed by atoms with van der Waals surface area (Å²) >= 11 is 0. The van der Waals surface area contributed by atoms with E-state index >= 15 is 0 Å². The zero-order valence-electron chi connectivity index (χ0n) is 13.3. The first-order valence-electron chi connectivity index (χ1n) is 7.75. The molecule has 0 aromatic heterocycles. The maximum Gasteiger partial charge on any atom is 0.136 e. The minimum Gasteiger partial charge on any atom is -0.381 e. The van der Waals surface area contributed by atoms with Gasteiger partial charge < -0.3 is 9.64 Å². The number of rotatable bonds is 7. The van der Waals surface area contributed by atoms with Crippen molar-refractivity contribution in [1.82, 2.24) is 4.90 Å². The lowest BCUT2D eigenvalue weighted by molar-refractivity contribution is -0.125. The highest BCUT2D eigenvalue weighted by Crippen LogP contribution is 2.22. The highest BCUT2D eigenvalue weighted by molar-refractivity contribution is 5.81. The van der Waals surface area contributed by atoms with Gasteiger partial charge in [0.2, 0.25) is 0 Å². The van der Waals surface area contributed by atoms with Crippen molar-refractivity contribution in [2.75, 3.05) is 20.2 Å². The second kappa shape index (κ2) is 8.01. The monoisotopic (exact) mass is 269 g/mol. The molecule has 0 aromatic rings. The van der Waals surface area contributed by atoms with E-state index in [4.69, 9.17) is 4.74 Å². The fourth-order valence-corrected chi connectivity index (χ4v) is 2.95. The Bertz CT molecular complexity index is 268. The van der Waals surface area contributed by atoms with Gasteiger partial charge in [-0.15, -0.1) is 0 Å². The first-order valence-corrected chi connectivity index (χ1v) is 7.75. The molecule has 0 radical (unpaired) electrons. The molecule has 1 fully saturated rings. The van der Waals surface area contributed by atoms with Crippen LogP contribution in [0.3, 0.4) is 0 Å². The molecule has 19 heavy (non-hydrogen) atoms. The Morgan fingerprint density at radius 1 is 1.21 bits per heavy atom. The molecule has 1 atom stereocenters. The summed E-state index contributed by atoms with van der Waals surface area (Å²) in [5.41, 5.74) is 0. The van der Waals surface area contributed by atoms with E-state index in [1.165, 1.54) is 0 Å². The molecule has 1 aliphatic heterocycles. The van der Waals surface area contributed by atoms with Crippen molar-refractivity contribution in [3.05, 3.63) is 0 Å². The molecule has 0 N–H and O–H groups in total. The second-order valence-electron chi connectivity index (χ2n) is 6.43. The molecule has 0 aliphatic carbocycles. The third-order valence-corrected chi connectivity index (χ3v) is 4.44. The van der Waals surface area contributed by atoms with E-state index < -0.39 is 0 Å². The topological polar surface area (TPSA) is 29.5 Å². The van der Waals surface area contributed by atoms with Crippen LogP contribution in [-0.2, 0) is 9.53 Å². The van der Waals surface area contributed by atoms with Gasteiger partial charge in [0.1, 0.15) is 5.78 Å². The summed E-state index contributed by atoms with van der Waals surface area (Å²) in [5.74, 6) is 1.23. The fraction of sp³-hybridized carbons (Fsp3) is 0.938. The summed E-state index contributed by atoms with van der Waals surface area (Å²) in [6, 6.07) is 0.606. The number of carbonyl (C=O) groups excluding carboxylic acids is 1. The number of methoxy groups -OCH3 is 1. The molecule has 3 heteroatoms. The molecular weight excluding hydrogens is 238 g/mol. The van der Waals surface area contributed by atoms with Gasteiger partial charge in [0.15, 0.2) is 0 Å². The summed E-state index contributed by atoms with van der Waals surface area (Å²) in [4.78, 5) is 14.7. The average Bonchev–Trinajstić information content (AvgIpc) is 2.38. The van der Waals surface area contributed by atoms with Crippen molar-refractivity contribution in [2.45, 2.75) is 65.5 Å². The van der Waals surface area contributed by atoms with E-state index in [1.54, 1.807) is 7.11 Å². The van der Waals surface area contributed by atoms with Crippen molar-refractivity contribution in [3.8, 4) is 0 Å². The predicted molar refractivity (Wildman–Crippen MR) is 79.3 cm³/mol. The Balaban J connectivity index is 2.31. The molecular formula is C16H31NO2. The van der Waals surface area contributed by atoms with Gasteiger partial charge in [-0.25, -0.2) is 0 Å². The average molecular weight is 269 g/mol. The van der Waals surface area contributed by atoms with Crippen LogP contribution < -0.4 is 0 Å². The lowest BCUT2D eigenvalue weighted by atomic mass is 9.88. The van der Waals surface area contributed by atoms with Crippen LogP contribution in [0.25, 0.3) is 0 Å². The molecule has 1 saturated heterocycles. The zero-order valence-corrected chi connectivity index (χ0v) is 13.3. The van der Waals surface area contributed by atoms with Gasteiger partial charge in [0, 0.05) is 25.5 Å². The Morgan fingerprint density at radius 3 is 2.21 bits per heavy atom. The maximum absolute atomic E-state index is 12.2. The summed E-state index contributed by atoms with van der Waals surface area (Å²) in [7, 11) is 1.75. The standard InChI is InChI=1S/C16H31NO2/c1-12(2)16(19-5)7-6-15(18)14-8-10-17(11-9-14)13(3)4/h12-14,16H,6-11H2,1-5H3. The Hall–Kier alpha value is -0.410. The van der Waals surface area contributed by atoms with E-state index in [0.717, 1.165) is 32.4 Å². The third kappa shape index (κ3) is 5.23. The molecule has 0 amide bonds. The Labute approximate surface area is 118 Å². The largest absolute Gasteiger partial charge is 0.381 e. The van der Waals surface area contributed by atoms with Crippen LogP contribution in [0.15, 0.2) is 0 Å². The van der Waals surface area contributed by atoms with E-state index in [1.807, 2.05) is 0 Å². The molecule has 1 unspecified atom stereocenters. The SMILES string of the molecule is COC(CCC(=O)C1CCN(C(C)C)CC1)C(C)C. The molecule has 1 heterocycles. The minimum atomic E-state index is 0.222. The lowest BCUT2D eigenvalue weighted by Gasteiger charge is -2.34. The van der Waals surface area contributed by atoms with Crippen molar-refractivity contribution >= 4 is 5.78 Å². The van der Waals surface area contributed by atoms with Crippen LogP contribution in [0.5, 0.6) is 0 Å². The van der Waals surface area contributed by atoms with Gasteiger partial charge in [-0.05, 0) is 52.1 Å². The van der Waals surface area contributed by atoms with Crippen LogP contribution in [0.1, 0.15) is 53.4 Å². The molecule has 3 nitrogen and oxygen atoms in total. The van der Waals surface area contributed by atoms with Crippen molar-refractivity contribution in [1.29, 1.82) is 0 Å². The summed E-state index contributed by atoms with van der Waals surface area (Å²) < 4.78 is 5.44. The number of likely N-dealkylation sites (tertiary alicyclic amines) is 1. The van der Waals surface area contributed by atoms with Crippen LogP contribution >= 0.6 is 0 Å². The van der Waals surface area contributed by atoms with Crippen LogP contribution in [0.2, 0.25) is 0 Å². The number of carbonyl (C=O) groups is 1. The summed E-state index contributed by atoms with van der Waals surface area (Å²) in [5, 5.41) is 0. The second-order valence-corrected chi connectivity index (χ2v) is 6.43. The van der Waals surface area contributed by atoms with Gasteiger partial charge in [-0.1, -0.05) is 13.8 Å². The van der Waals surface area contributed by atoms with Crippen LogP contribution in [0, 0.1) is 11.8 Å². The molecule has 1 aliphatic rings. The first-order chi connectivity index (χ1) is 8.95. The highest BCUT2D eigenvalue weighted by Gasteiger charge is 2.26. The van der Waals surface area contributed by atoms with Gasteiger partial charge in [-0.3, -0.25) is 4.79 Å². The number of hydrogen-bond acceptors (Lipinski definition) is 3. The van der Waals surface area contributed by atoms with Gasteiger partial charge in [-0.2, -0.15) is 0 Å². The molecule has 112 valence electrons. The van der Waals surface area contributed by atoms with E-state index in [-0.39, 0.29) is 6.10 Å². The highest BCUT2D eigenvalue weighted by atomic mass is 16.5. The smallest absolute Gasteiger partial charge is 0.136 e. The van der Waals surface area contributed by atoms with Crippen molar-refractivity contribution in [3.63, 3.8) is 0 Å². The number of piperidine rings is 1. The summed E-state index contributed by atoms with van der Waals surface area (Å²) in [6.07, 6.45) is 3.85. The normalized spacial score (nSPS) is 20.2. The Kier molecular flexibility index (Phi) is 7.01. The van der Waals surface area contributed by atoms with Crippen LogP contribution in [0.4, 0.5) is 0 Å². The fourth-order valence-electron chi connectivity index (χ4n) is 2.95. The number of nitrogens with zero attached hydrogens (tertiary/aromatic N) is 1. The predicted octanol–water partition coefficient (Wildman–Crippen LogP) is 3.13. The van der Waals surface area contributed by atoms with Gasteiger partial charge in [0.25, 0.3) is 0 Å². The minimum absolute atomic E-state index is 0.222. The molecule has 1 rings (SSSR count). The maximum atomic E-state index is 12.2. The van der Waals surface area contributed by atoms with Crippen molar-refractivity contribution < 1.29 is 9.53 Å². The molecule has 0 saturated carbocycles. The van der Waals surface area contributed by atoms with Gasteiger partial charge >= 0.3 is 0 Å². The Morgan fingerprint density at radius 2 is 1.79 bits per heavy atom. The number of Topliss-reactive ketones (excluding diaryl/α,β-unsaturated/α-hetero) is 1.